The molecule has 2 fully saturated rings. The van der Waals surface area contributed by atoms with Gasteiger partial charge in [0.15, 0.2) is 5.65 Å². The monoisotopic (exact) mass is 362 g/mol. The molecule has 5 rings (SSSR count). The molecule has 27 heavy (non-hydrogen) atoms. The van der Waals surface area contributed by atoms with Gasteiger partial charge in [0.05, 0.1) is 30.6 Å². The number of rotatable bonds is 3. The molecule has 0 radical (unpaired) electrons. The molecule has 0 unspecified atom stereocenters. The van der Waals surface area contributed by atoms with Gasteiger partial charge in [0.2, 0.25) is 0 Å². The number of nitrogens with zero attached hydrogens (tertiary/aromatic N) is 4. The van der Waals surface area contributed by atoms with E-state index in [2.05, 4.69) is 22.1 Å². The predicted molar refractivity (Wildman–Crippen MR) is 102 cm³/mol. The smallest absolute Gasteiger partial charge is 0.255 e. The SMILES string of the molecule is O=C(c1cnc2c(c1)ncn2Cc1ccccc1)N1CCC2(CCO2)CC1. The van der Waals surface area contributed by atoms with Crippen molar-refractivity contribution in [1.29, 1.82) is 0 Å². The first kappa shape index (κ1) is 16.4. The molecule has 138 valence electrons. The standard InChI is InChI=1S/C21H22N4O2/c26-20(24-9-6-21(7-10-24)8-11-27-21)17-12-18-19(22-13-17)25(15-23-18)14-16-4-2-1-3-5-16/h1-5,12-13,15H,6-11,14H2. The van der Waals surface area contributed by atoms with Crippen molar-refractivity contribution in [3.8, 4) is 0 Å². The van der Waals surface area contributed by atoms with Crippen LogP contribution in [0.15, 0.2) is 48.9 Å². The zero-order valence-electron chi connectivity index (χ0n) is 15.2. The topological polar surface area (TPSA) is 60.2 Å². The molecule has 0 N–H and O–H groups in total. The van der Waals surface area contributed by atoms with E-state index in [0.29, 0.717) is 12.1 Å². The molecule has 2 aromatic heterocycles. The van der Waals surface area contributed by atoms with E-state index in [1.807, 2.05) is 33.7 Å². The van der Waals surface area contributed by atoms with Crippen LogP contribution in [0.2, 0.25) is 0 Å². The maximum Gasteiger partial charge on any atom is 0.255 e. The number of ether oxygens (including phenoxy) is 1. The molecule has 0 bridgehead atoms. The molecule has 3 aromatic rings. The first-order valence-corrected chi connectivity index (χ1v) is 9.51. The van der Waals surface area contributed by atoms with E-state index < -0.39 is 0 Å². The van der Waals surface area contributed by atoms with Crippen molar-refractivity contribution in [2.45, 2.75) is 31.4 Å². The Hall–Kier alpha value is -2.73. The number of amides is 1. The average Bonchev–Trinajstić information content (AvgIpc) is 3.09. The Morgan fingerprint density at radius 2 is 1.89 bits per heavy atom. The minimum absolute atomic E-state index is 0.0381. The second-order valence-electron chi connectivity index (χ2n) is 7.50. The number of pyridine rings is 1. The van der Waals surface area contributed by atoms with Crippen LogP contribution < -0.4 is 0 Å². The first-order valence-electron chi connectivity index (χ1n) is 9.51. The molecule has 1 spiro atoms. The van der Waals surface area contributed by atoms with Gasteiger partial charge in [-0.25, -0.2) is 9.97 Å². The molecule has 4 heterocycles. The highest BCUT2D eigenvalue weighted by Gasteiger charge is 2.42. The van der Waals surface area contributed by atoms with Crippen molar-refractivity contribution in [1.82, 2.24) is 19.4 Å². The Morgan fingerprint density at radius 3 is 2.59 bits per heavy atom. The maximum absolute atomic E-state index is 12.9. The summed E-state index contributed by atoms with van der Waals surface area (Å²) >= 11 is 0. The van der Waals surface area contributed by atoms with E-state index in [-0.39, 0.29) is 11.5 Å². The van der Waals surface area contributed by atoms with Gasteiger partial charge in [-0.05, 0) is 30.9 Å². The van der Waals surface area contributed by atoms with Gasteiger partial charge in [-0.15, -0.1) is 0 Å². The second kappa shape index (κ2) is 6.46. The summed E-state index contributed by atoms with van der Waals surface area (Å²) in [6.07, 6.45) is 6.46. The predicted octanol–water partition coefficient (Wildman–Crippen LogP) is 2.87. The number of aromatic nitrogens is 3. The minimum atomic E-state index is 0.0381. The van der Waals surface area contributed by atoms with Gasteiger partial charge in [0.1, 0.15) is 5.52 Å². The molecule has 6 heteroatoms. The first-order chi connectivity index (χ1) is 13.2. The lowest BCUT2D eigenvalue weighted by atomic mass is 9.84. The third-order valence-corrected chi connectivity index (χ3v) is 5.83. The summed E-state index contributed by atoms with van der Waals surface area (Å²) in [6, 6.07) is 12.1. The van der Waals surface area contributed by atoms with Crippen LogP contribution in [-0.2, 0) is 11.3 Å². The number of benzene rings is 1. The van der Waals surface area contributed by atoms with E-state index in [4.69, 9.17) is 4.74 Å². The fourth-order valence-corrected chi connectivity index (χ4v) is 4.05. The van der Waals surface area contributed by atoms with Gasteiger partial charge in [0.25, 0.3) is 5.91 Å². The summed E-state index contributed by atoms with van der Waals surface area (Å²) in [5, 5.41) is 0. The number of imidazole rings is 1. The molecule has 1 amide bonds. The minimum Gasteiger partial charge on any atom is -0.375 e. The van der Waals surface area contributed by atoms with E-state index in [9.17, 15) is 4.79 Å². The number of carbonyl (C=O) groups excluding carboxylic acids is 1. The lowest BCUT2D eigenvalue weighted by molar-refractivity contribution is -0.169. The number of piperidine rings is 1. The van der Waals surface area contributed by atoms with Crippen LogP contribution in [0.4, 0.5) is 0 Å². The zero-order valence-corrected chi connectivity index (χ0v) is 15.2. The quantitative estimate of drug-likeness (QED) is 0.719. The summed E-state index contributed by atoms with van der Waals surface area (Å²) in [7, 11) is 0. The summed E-state index contributed by atoms with van der Waals surface area (Å²) in [6.45, 7) is 3.07. The van der Waals surface area contributed by atoms with Crippen LogP contribution in [0.5, 0.6) is 0 Å². The van der Waals surface area contributed by atoms with Crippen LogP contribution in [0.25, 0.3) is 11.2 Å². The van der Waals surface area contributed by atoms with Crippen molar-refractivity contribution in [3.05, 3.63) is 60.0 Å². The number of likely N-dealkylation sites (tertiary alicyclic amines) is 1. The van der Waals surface area contributed by atoms with E-state index in [0.717, 1.165) is 50.1 Å². The maximum atomic E-state index is 12.9. The fourth-order valence-electron chi connectivity index (χ4n) is 4.05. The van der Waals surface area contributed by atoms with Crippen molar-refractivity contribution >= 4 is 17.1 Å². The normalized spacial score (nSPS) is 18.6. The Bertz CT molecular complexity index is 968. The lowest BCUT2D eigenvalue weighted by Crippen LogP contribution is -2.53. The Morgan fingerprint density at radius 1 is 1.11 bits per heavy atom. The summed E-state index contributed by atoms with van der Waals surface area (Å²) in [5.41, 5.74) is 3.41. The summed E-state index contributed by atoms with van der Waals surface area (Å²) < 4.78 is 7.75. The van der Waals surface area contributed by atoms with Crippen LogP contribution in [0.3, 0.4) is 0 Å². The number of carbonyl (C=O) groups is 1. The van der Waals surface area contributed by atoms with Gasteiger partial charge in [0, 0.05) is 19.3 Å². The number of fused-ring (bicyclic) bond motifs is 1. The Balaban J connectivity index is 1.33. The Kier molecular flexibility index (Phi) is 3.93. The third-order valence-electron chi connectivity index (χ3n) is 5.83. The van der Waals surface area contributed by atoms with Crippen molar-refractivity contribution < 1.29 is 9.53 Å². The fraction of sp³-hybridized carbons (Fsp3) is 0.381. The van der Waals surface area contributed by atoms with Gasteiger partial charge < -0.3 is 14.2 Å². The van der Waals surface area contributed by atoms with E-state index in [1.54, 1.807) is 12.5 Å². The highest BCUT2D eigenvalue weighted by atomic mass is 16.5. The van der Waals surface area contributed by atoms with E-state index in [1.165, 1.54) is 5.56 Å². The van der Waals surface area contributed by atoms with Crippen LogP contribution >= 0.6 is 0 Å². The molecule has 0 saturated carbocycles. The summed E-state index contributed by atoms with van der Waals surface area (Å²) in [5.74, 6) is 0.0381. The summed E-state index contributed by atoms with van der Waals surface area (Å²) in [4.78, 5) is 23.8. The van der Waals surface area contributed by atoms with E-state index >= 15 is 0 Å². The van der Waals surface area contributed by atoms with Crippen LogP contribution in [0, 0.1) is 0 Å². The highest BCUT2D eigenvalue weighted by molar-refractivity contribution is 5.96. The van der Waals surface area contributed by atoms with Crippen molar-refractivity contribution in [2.75, 3.05) is 19.7 Å². The van der Waals surface area contributed by atoms with Crippen molar-refractivity contribution in [2.24, 2.45) is 0 Å². The third kappa shape index (κ3) is 3.00. The largest absolute Gasteiger partial charge is 0.375 e. The molecule has 2 aliphatic heterocycles. The van der Waals surface area contributed by atoms with Gasteiger partial charge in [-0.1, -0.05) is 30.3 Å². The van der Waals surface area contributed by atoms with Crippen molar-refractivity contribution in [3.63, 3.8) is 0 Å². The molecular formula is C21H22N4O2. The number of hydrogen-bond donors (Lipinski definition) is 0. The van der Waals surface area contributed by atoms with Crippen LogP contribution in [0.1, 0.15) is 35.2 Å². The lowest BCUT2D eigenvalue weighted by Gasteiger charge is -2.47. The van der Waals surface area contributed by atoms with Gasteiger partial charge in [-0.3, -0.25) is 4.79 Å². The molecule has 2 aliphatic rings. The average molecular weight is 362 g/mol. The molecule has 2 saturated heterocycles. The van der Waals surface area contributed by atoms with Gasteiger partial charge in [-0.2, -0.15) is 0 Å². The second-order valence-corrected chi connectivity index (χ2v) is 7.50. The molecule has 6 nitrogen and oxygen atoms in total. The molecular weight excluding hydrogens is 340 g/mol. The molecule has 0 atom stereocenters. The van der Waals surface area contributed by atoms with Crippen LogP contribution in [-0.4, -0.2) is 50.6 Å². The molecule has 1 aromatic carbocycles. The number of hydrogen-bond acceptors (Lipinski definition) is 4. The molecule has 0 aliphatic carbocycles. The van der Waals surface area contributed by atoms with Gasteiger partial charge >= 0.3 is 0 Å². The zero-order chi connectivity index (χ0) is 18.3. The highest BCUT2D eigenvalue weighted by Crippen LogP contribution is 2.37. The Labute approximate surface area is 157 Å².